The summed E-state index contributed by atoms with van der Waals surface area (Å²) in [6.07, 6.45) is 2.03. The van der Waals surface area contributed by atoms with Crippen molar-refractivity contribution in [1.29, 1.82) is 0 Å². The minimum Gasteiger partial charge on any atom is -0.338 e. The first-order valence-electron chi connectivity index (χ1n) is 6.51. The molecule has 0 atom stereocenters. The smallest absolute Gasteiger partial charge is 0.227 e. The van der Waals surface area contributed by atoms with Gasteiger partial charge in [0.1, 0.15) is 5.82 Å². The molecule has 0 aromatic carbocycles. The van der Waals surface area contributed by atoms with E-state index in [1.807, 2.05) is 6.07 Å². The summed E-state index contributed by atoms with van der Waals surface area (Å²) in [5.41, 5.74) is 3.68. The van der Waals surface area contributed by atoms with Gasteiger partial charge >= 0.3 is 0 Å². The van der Waals surface area contributed by atoms with Crippen molar-refractivity contribution in [1.82, 2.24) is 14.9 Å². The molecule has 0 unspecified atom stereocenters. The molecule has 1 aliphatic rings. The molecule has 1 aromatic rings. The maximum absolute atomic E-state index is 5.47. The number of hydrogen-bond donors (Lipinski definition) is 2. The number of piperazine rings is 1. The van der Waals surface area contributed by atoms with Gasteiger partial charge in [0.25, 0.3) is 0 Å². The lowest BCUT2D eigenvalue weighted by Crippen LogP contribution is -2.45. The third kappa shape index (κ3) is 3.08. The van der Waals surface area contributed by atoms with Crippen molar-refractivity contribution in [2.75, 3.05) is 43.6 Å². The molecule has 6 heteroatoms. The fraction of sp³-hybridized carbons (Fsp3) is 0.667. The summed E-state index contributed by atoms with van der Waals surface area (Å²) in [6, 6.07) is 1.92. The van der Waals surface area contributed by atoms with E-state index in [1.165, 1.54) is 0 Å². The summed E-state index contributed by atoms with van der Waals surface area (Å²) in [6.45, 7) is 6.18. The molecule has 0 spiro atoms. The first kappa shape index (κ1) is 13.0. The Balaban J connectivity index is 2.17. The molecule has 1 aromatic heterocycles. The molecule has 1 aliphatic heterocycles. The first-order chi connectivity index (χ1) is 8.72. The predicted octanol–water partition coefficient (Wildman–Crippen LogP) is 0.467. The van der Waals surface area contributed by atoms with Gasteiger partial charge in [-0.3, -0.25) is 0 Å². The van der Waals surface area contributed by atoms with Crippen molar-refractivity contribution in [2.45, 2.75) is 19.8 Å². The van der Waals surface area contributed by atoms with Crippen molar-refractivity contribution < 1.29 is 0 Å². The van der Waals surface area contributed by atoms with E-state index in [0.717, 1.165) is 50.7 Å². The molecule has 0 bridgehead atoms. The van der Waals surface area contributed by atoms with Crippen LogP contribution in [0.3, 0.4) is 0 Å². The highest BCUT2D eigenvalue weighted by atomic mass is 15.3. The molecule has 1 saturated heterocycles. The highest BCUT2D eigenvalue weighted by Gasteiger charge is 2.17. The van der Waals surface area contributed by atoms with Crippen LogP contribution in [0.25, 0.3) is 0 Å². The number of aryl methyl sites for hydroxylation is 1. The number of nitrogens with one attached hydrogen (secondary N) is 1. The van der Waals surface area contributed by atoms with Gasteiger partial charge in [-0.2, -0.15) is 4.98 Å². The molecule has 6 nitrogen and oxygen atoms in total. The summed E-state index contributed by atoms with van der Waals surface area (Å²) in [5.74, 6) is 6.96. The monoisotopic (exact) mass is 250 g/mol. The van der Waals surface area contributed by atoms with Gasteiger partial charge in [-0.25, -0.2) is 10.8 Å². The van der Waals surface area contributed by atoms with Crippen LogP contribution in [0.4, 0.5) is 11.8 Å². The molecular weight excluding hydrogens is 228 g/mol. The molecule has 0 amide bonds. The summed E-state index contributed by atoms with van der Waals surface area (Å²) < 4.78 is 0. The molecule has 2 heterocycles. The van der Waals surface area contributed by atoms with Gasteiger partial charge in [0.2, 0.25) is 5.95 Å². The van der Waals surface area contributed by atoms with Gasteiger partial charge < -0.3 is 15.2 Å². The number of rotatable bonds is 4. The molecule has 18 heavy (non-hydrogen) atoms. The van der Waals surface area contributed by atoms with Gasteiger partial charge in [-0.05, 0) is 13.5 Å². The summed E-state index contributed by atoms with van der Waals surface area (Å²) in [4.78, 5) is 13.6. The molecule has 2 rings (SSSR count). The SMILES string of the molecule is CCCc1cc(NN)nc(N2CCN(C)CC2)n1. The molecule has 0 saturated carbocycles. The van der Waals surface area contributed by atoms with E-state index >= 15 is 0 Å². The van der Waals surface area contributed by atoms with Crippen LogP contribution >= 0.6 is 0 Å². The van der Waals surface area contributed by atoms with E-state index < -0.39 is 0 Å². The lowest BCUT2D eigenvalue weighted by molar-refractivity contribution is 0.311. The Hall–Kier alpha value is -1.40. The summed E-state index contributed by atoms with van der Waals surface area (Å²) >= 11 is 0. The minimum absolute atomic E-state index is 0.697. The average molecular weight is 250 g/mol. The number of likely N-dealkylation sites (N-methyl/N-ethyl adjacent to an activating group) is 1. The second-order valence-corrected chi connectivity index (χ2v) is 4.73. The van der Waals surface area contributed by atoms with E-state index in [9.17, 15) is 0 Å². The molecule has 3 N–H and O–H groups in total. The molecule has 1 fully saturated rings. The van der Waals surface area contributed by atoms with Crippen LogP contribution in [-0.2, 0) is 6.42 Å². The van der Waals surface area contributed by atoms with Gasteiger partial charge in [0.15, 0.2) is 0 Å². The fourth-order valence-corrected chi connectivity index (χ4v) is 2.09. The zero-order chi connectivity index (χ0) is 13.0. The Kier molecular flexibility index (Phi) is 4.33. The van der Waals surface area contributed by atoms with Crippen LogP contribution in [-0.4, -0.2) is 48.1 Å². The Morgan fingerprint density at radius 2 is 2.00 bits per heavy atom. The minimum atomic E-state index is 0.697. The second-order valence-electron chi connectivity index (χ2n) is 4.73. The zero-order valence-corrected chi connectivity index (χ0v) is 11.2. The number of nitrogens with two attached hydrogens (primary N) is 1. The highest BCUT2D eigenvalue weighted by molar-refractivity contribution is 5.43. The zero-order valence-electron chi connectivity index (χ0n) is 11.2. The number of hydrogen-bond acceptors (Lipinski definition) is 6. The predicted molar refractivity (Wildman–Crippen MR) is 73.5 cm³/mol. The van der Waals surface area contributed by atoms with Crippen LogP contribution < -0.4 is 16.2 Å². The van der Waals surface area contributed by atoms with Crippen molar-refractivity contribution in [3.05, 3.63) is 11.8 Å². The van der Waals surface area contributed by atoms with E-state index in [0.29, 0.717) is 5.82 Å². The van der Waals surface area contributed by atoms with Gasteiger partial charge in [0, 0.05) is 37.9 Å². The lowest BCUT2D eigenvalue weighted by Gasteiger charge is -2.32. The van der Waals surface area contributed by atoms with Crippen LogP contribution in [0.2, 0.25) is 0 Å². The third-order valence-electron chi connectivity index (χ3n) is 3.21. The number of aromatic nitrogens is 2. The molecule has 100 valence electrons. The van der Waals surface area contributed by atoms with Crippen LogP contribution in [0, 0.1) is 0 Å². The Bertz CT molecular complexity index is 386. The van der Waals surface area contributed by atoms with Gasteiger partial charge in [0.05, 0.1) is 0 Å². The molecule has 0 radical (unpaired) electrons. The normalized spacial score (nSPS) is 16.9. The number of hydrazine groups is 1. The maximum atomic E-state index is 5.47. The van der Waals surface area contributed by atoms with Crippen molar-refractivity contribution in [3.63, 3.8) is 0 Å². The second kappa shape index (κ2) is 5.97. The number of nitrogens with zero attached hydrogens (tertiary/aromatic N) is 4. The van der Waals surface area contributed by atoms with Crippen molar-refractivity contribution in [3.8, 4) is 0 Å². The first-order valence-corrected chi connectivity index (χ1v) is 6.51. The van der Waals surface area contributed by atoms with Crippen LogP contribution in [0.5, 0.6) is 0 Å². The topological polar surface area (TPSA) is 70.3 Å². The van der Waals surface area contributed by atoms with Gasteiger partial charge in [-0.15, -0.1) is 0 Å². The summed E-state index contributed by atoms with van der Waals surface area (Å²) in [5, 5.41) is 0. The molecule has 0 aliphatic carbocycles. The van der Waals surface area contributed by atoms with Crippen LogP contribution in [0.15, 0.2) is 6.07 Å². The van der Waals surface area contributed by atoms with Crippen molar-refractivity contribution in [2.24, 2.45) is 5.84 Å². The standard InChI is InChI=1S/C12H22N6/c1-3-4-10-9-11(16-13)15-12(14-10)18-7-5-17(2)6-8-18/h9H,3-8,13H2,1-2H3,(H,14,15,16). The van der Waals surface area contributed by atoms with Gasteiger partial charge in [-0.1, -0.05) is 13.3 Å². The quantitative estimate of drug-likeness (QED) is 0.598. The molecular formula is C12H22N6. The van der Waals surface area contributed by atoms with E-state index in [4.69, 9.17) is 5.84 Å². The van der Waals surface area contributed by atoms with E-state index in [2.05, 4.69) is 39.2 Å². The maximum Gasteiger partial charge on any atom is 0.227 e. The Labute approximate surface area is 108 Å². The third-order valence-corrected chi connectivity index (χ3v) is 3.21. The Morgan fingerprint density at radius 3 is 2.61 bits per heavy atom. The fourth-order valence-electron chi connectivity index (χ4n) is 2.09. The number of anilines is 2. The largest absolute Gasteiger partial charge is 0.338 e. The van der Waals surface area contributed by atoms with Crippen molar-refractivity contribution >= 4 is 11.8 Å². The average Bonchev–Trinajstić information content (AvgIpc) is 2.39. The highest BCUT2D eigenvalue weighted by Crippen LogP contribution is 2.16. The number of nitrogen functional groups attached to an aromatic ring is 1. The summed E-state index contributed by atoms with van der Waals surface area (Å²) in [7, 11) is 2.14. The van der Waals surface area contributed by atoms with Crippen LogP contribution in [0.1, 0.15) is 19.0 Å². The van der Waals surface area contributed by atoms with E-state index in [-0.39, 0.29) is 0 Å². The Morgan fingerprint density at radius 1 is 1.28 bits per heavy atom. The van der Waals surface area contributed by atoms with E-state index in [1.54, 1.807) is 0 Å². The lowest BCUT2D eigenvalue weighted by atomic mass is 10.2.